The lowest BCUT2D eigenvalue weighted by Gasteiger charge is -2.46. The van der Waals surface area contributed by atoms with E-state index in [1.807, 2.05) is 0 Å². The number of benzene rings is 5. The molecule has 7 heteroatoms. The summed E-state index contributed by atoms with van der Waals surface area (Å²) < 4.78 is 25.2. The summed E-state index contributed by atoms with van der Waals surface area (Å²) in [6.45, 7) is 27.0. The van der Waals surface area contributed by atoms with Crippen molar-refractivity contribution in [3.8, 4) is 23.0 Å². The Balaban J connectivity index is 1.40. The number of nitrogens with zero attached hydrogens (tertiary/aromatic N) is 2. The van der Waals surface area contributed by atoms with Crippen molar-refractivity contribution in [1.82, 2.24) is 0 Å². The van der Waals surface area contributed by atoms with Crippen molar-refractivity contribution in [2.45, 2.75) is 87.0 Å². The van der Waals surface area contributed by atoms with Gasteiger partial charge in [0.1, 0.15) is 26.4 Å². The summed E-state index contributed by atoms with van der Waals surface area (Å²) in [6.07, 6.45) is 0. The van der Waals surface area contributed by atoms with Crippen molar-refractivity contribution < 1.29 is 18.9 Å². The summed E-state index contributed by atoms with van der Waals surface area (Å²) in [4.78, 5) is 5.02. The van der Waals surface area contributed by atoms with E-state index < -0.39 is 0 Å². The molecule has 0 N–H and O–H groups in total. The molecule has 4 aliphatic heterocycles. The number of rotatable bonds is 2. The summed E-state index contributed by atoms with van der Waals surface area (Å²) in [6, 6.07) is 23.2. The summed E-state index contributed by atoms with van der Waals surface area (Å²) in [5.74, 6) is 3.15. The molecule has 276 valence electrons. The van der Waals surface area contributed by atoms with Crippen molar-refractivity contribution in [2.75, 3.05) is 36.2 Å². The molecule has 0 unspecified atom stereocenters. The van der Waals surface area contributed by atoms with Gasteiger partial charge in [0.2, 0.25) is 0 Å². The first kappa shape index (κ1) is 34.7. The minimum absolute atomic E-state index is 0.0269. The van der Waals surface area contributed by atoms with E-state index in [2.05, 4.69) is 147 Å². The largest absolute Gasteiger partial charge is 0.486 e. The molecule has 4 heterocycles. The van der Waals surface area contributed by atoms with Crippen LogP contribution in [0.15, 0.2) is 60.7 Å². The van der Waals surface area contributed by atoms with Crippen LogP contribution in [0.4, 0.5) is 34.1 Å². The molecule has 0 spiro atoms. The van der Waals surface area contributed by atoms with Gasteiger partial charge in [0.25, 0.3) is 6.71 Å². The Morgan fingerprint density at radius 3 is 1.11 bits per heavy atom. The molecule has 0 aliphatic carbocycles. The predicted molar refractivity (Wildman–Crippen MR) is 224 cm³/mol. The quantitative estimate of drug-likeness (QED) is 0.166. The second-order valence-electron chi connectivity index (χ2n) is 17.8. The molecule has 0 aromatic heterocycles. The Labute approximate surface area is 321 Å². The average Bonchev–Trinajstić information content (AvgIpc) is 3.10. The molecule has 0 saturated heterocycles. The Kier molecular flexibility index (Phi) is 7.70. The van der Waals surface area contributed by atoms with Gasteiger partial charge in [-0.2, -0.15) is 0 Å². The lowest BCUT2D eigenvalue weighted by atomic mass is 9.33. The first-order valence-corrected chi connectivity index (χ1v) is 19.5. The first-order chi connectivity index (χ1) is 25.6. The molecule has 4 aliphatic rings. The topological polar surface area (TPSA) is 43.4 Å². The van der Waals surface area contributed by atoms with E-state index >= 15 is 0 Å². The number of ether oxygens (including phenoxy) is 4. The minimum atomic E-state index is -0.0938. The van der Waals surface area contributed by atoms with Crippen LogP contribution in [0.5, 0.6) is 23.0 Å². The van der Waals surface area contributed by atoms with Crippen LogP contribution in [0.3, 0.4) is 0 Å². The van der Waals surface area contributed by atoms with Crippen LogP contribution in [-0.2, 0) is 10.8 Å². The van der Waals surface area contributed by atoms with E-state index in [1.165, 1.54) is 78.1 Å². The molecular formula is C47H51BN2O4. The zero-order chi connectivity index (χ0) is 38.0. The van der Waals surface area contributed by atoms with Gasteiger partial charge in [-0.3, -0.25) is 0 Å². The summed E-state index contributed by atoms with van der Waals surface area (Å²) in [5, 5.41) is 0. The van der Waals surface area contributed by atoms with Crippen LogP contribution in [0.2, 0.25) is 0 Å². The number of aryl methyl sites for hydroxylation is 5. The molecule has 54 heavy (non-hydrogen) atoms. The highest BCUT2D eigenvalue weighted by Crippen LogP contribution is 2.51. The molecule has 0 radical (unpaired) electrons. The highest BCUT2D eigenvalue weighted by atomic mass is 16.6. The van der Waals surface area contributed by atoms with Gasteiger partial charge in [-0.15, -0.1) is 0 Å². The van der Waals surface area contributed by atoms with E-state index in [4.69, 9.17) is 18.9 Å². The SMILES string of the molecule is Cc1cc2c3c(c1)N(c1c(C)cc(C(C)(C)C)cc1C)c1cc4c(cc1B3c1cc3c(cc1N2c1c(C)cc(C(C)(C)C)cc1C)OCCO3)OCCO4. The van der Waals surface area contributed by atoms with Crippen molar-refractivity contribution in [1.29, 1.82) is 0 Å². The standard InChI is InChI=1S/C47H51BN2O4/c1-26-16-37-43-38(17-26)50(45-29(4)20-32(21-30(45)5)47(9,10)11)36-25-42-40(52-13-15-54-42)23-34(36)48(43)33-22-39-41(53-14-12-51-39)24-35(33)49(37)44-27(2)18-31(19-28(44)3)46(6,7)8/h16-25H,12-15H2,1-11H3. The first-order valence-electron chi connectivity index (χ1n) is 19.5. The fraction of sp³-hybridized carbons (Fsp3) is 0.362. The second kappa shape index (κ2) is 12.0. The molecule has 0 saturated carbocycles. The van der Waals surface area contributed by atoms with Crippen molar-refractivity contribution >= 4 is 57.2 Å². The average molecular weight is 719 g/mol. The number of fused-ring (bicyclic) bond motifs is 6. The second-order valence-corrected chi connectivity index (χ2v) is 17.8. The van der Waals surface area contributed by atoms with Crippen molar-refractivity contribution in [2.24, 2.45) is 0 Å². The Morgan fingerprint density at radius 1 is 0.444 bits per heavy atom. The highest BCUT2D eigenvalue weighted by Gasteiger charge is 2.46. The van der Waals surface area contributed by atoms with Crippen LogP contribution in [0.1, 0.15) is 80.5 Å². The van der Waals surface area contributed by atoms with Crippen molar-refractivity contribution in [3.05, 3.63) is 99.6 Å². The number of anilines is 6. The Hall–Kier alpha value is -5.04. The van der Waals surface area contributed by atoms with Crippen LogP contribution >= 0.6 is 0 Å². The molecule has 9 rings (SSSR count). The van der Waals surface area contributed by atoms with Crippen LogP contribution < -0.4 is 45.1 Å². The molecule has 5 aromatic carbocycles. The van der Waals surface area contributed by atoms with Gasteiger partial charge in [0, 0.05) is 34.9 Å². The maximum absolute atomic E-state index is 6.32. The number of hydrogen-bond donors (Lipinski definition) is 0. The van der Waals surface area contributed by atoms with Crippen LogP contribution in [0, 0.1) is 34.6 Å². The highest BCUT2D eigenvalue weighted by molar-refractivity contribution is 7.00. The maximum atomic E-state index is 6.32. The zero-order valence-corrected chi connectivity index (χ0v) is 33.7. The van der Waals surface area contributed by atoms with Gasteiger partial charge in [-0.1, -0.05) is 65.8 Å². The van der Waals surface area contributed by atoms with Gasteiger partial charge in [0.15, 0.2) is 23.0 Å². The van der Waals surface area contributed by atoms with Crippen molar-refractivity contribution in [3.63, 3.8) is 0 Å². The molecule has 0 bridgehead atoms. The van der Waals surface area contributed by atoms with Gasteiger partial charge >= 0.3 is 0 Å². The van der Waals surface area contributed by atoms with Gasteiger partial charge in [-0.25, -0.2) is 0 Å². The van der Waals surface area contributed by atoms with E-state index in [9.17, 15) is 0 Å². The lowest BCUT2D eigenvalue weighted by molar-refractivity contribution is 0.172. The van der Waals surface area contributed by atoms with Gasteiger partial charge in [-0.05, 0) is 125 Å². The fourth-order valence-electron chi connectivity index (χ4n) is 9.17. The van der Waals surface area contributed by atoms with Crippen LogP contribution in [-0.4, -0.2) is 33.1 Å². The number of hydrogen-bond acceptors (Lipinski definition) is 6. The van der Waals surface area contributed by atoms with E-state index in [0.717, 1.165) is 34.4 Å². The molecule has 0 atom stereocenters. The van der Waals surface area contributed by atoms with Gasteiger partial charge in [0.05, 0.1) is 11.4 Å². The summed E-state index contributed by atoms with van der Waals surface area (Å²) in [7, 11) is 0. The normalized spacial score (nSPS) is 15.5. The zero-order valence-electron chi connectivity index (χ0n) is 33.7. The Morgan fingerprint density at radius 2 is 0.778 bits per heavy atom. The summed E-state index contributed by atoms with van der Waals surface area (Å²) in [5.41, 5.74) is 19.5. The third kappa shape index (κ3) is 5.29. The fourth-order valence-corrected chi connectivity index (χ4v) is 9.17. The molecular weight excluding hydrogens is 667 g/mol. The third-order valence-corrected chi connectivity index (χ3v) is 11.7. The van der Waals surface area contributed by atoms with E-state index in [0.29, 0.717) is 26.4 Å². The monoisotopic (exact) mass is 718 g/mol. The molecule has 6 nitrogen and oxygen atoms in total. The summed E-state index contributed by atoms with van der Waals surface area (Å²) >= 11 is 0. The third-order valence-electron chi connectivity index (χ3n) is 11.7. The van der Waals surface area contributed by atoms with Gasteiger partial charge < -0.3 is 28.7 Å². The van der Waals surface area contributed by atoms with E-state index in [1.54, 1.807) is 0 Å². The Bertz CT molecular complexity index is 2190. The minimum Gasteiger partial charge on any atom is -0.486 e. The predicted octanol–water partition coefficient (Wildman–Crippen LogP) is 9.45. The van der Waals surface area contributed by atoms with E-state index in [-0.39, 0.29) is 17.5 Å². The maximum Gasteiger partial charge on any atom is 0.252 e. The smallest absolute Gasteiger partial charge is 0.252 e. The van der Waals surface area contributed by atoms with Crippen LogP contribution in [0.25, 0.3) is 0 Å². The lowest BCUT2D eigenvalue weighted by Crippen LogP contribution is -2.61. The molecule has 0 fully saturated rings. The molecule has 0 amide bonds. The molecule has 5 aromatic rings.